The first-order valence-electron chi connectivity index (χ1n) is 7.33. The number of carbonyl (C=O) groups is 2. The van der Waals surface area contributed by atoms with Crippen LogP contribution in [0.25, 0.3) is 11.1 Å². The summed E-state index contributed by atoms with van der Waals surface area (Å²) in [6, 6.07) is 8.42. The molecular formula is C17H14FN3O4. The van der Waals surface area contributed by atoms with Crippen LogP contribution in [0.2, 0.25) is 0 Å². The van der Waals surface area contributed by atoms with E-state index in [1.807, 2.05) is 0 Å². The van der Waals surface area contributed by atoms with Gasteiger partial charge in [0, 0.05) is 31.3 Å². The molecule has 0 radical (unpaired) electrons. The van der Waals surface area contributed by atoms with Gasteiger partial charge in [-0.3, -0.25) is 14.2 Å². The second-order valence-corrected chi connectivity index (χ2v) is 5.44. The van der Waals surface area contributed by atoms with E-state index in [1.54, 1.807) is 19.2 Å². The predicted octanol–water partition coefficient (Wildman–Crippen LogP) is 2.48. The first-order valence-corrected chi connectivity index (χ1v) is 7.33. The second-order valence-electron chi connectivity index (χ2n) is 5.44. The van der Waals surface area contributed by atoms with Gasteiger partial charge in [-0.1, -0.05) is 0 Å². The molecule has 0 saturated heterocycles. The van der Waals surface area contributed by atoms with Crippen LogP contribution in [0.15, 0.2) is 45.6 Å². The average molecular weight is 343 g/mol. The number of aryl methyl sites for hydroxylation is 1. The molecule has 0 spiro atoms. The number of hydrogen-bond acceptors (Lipinski definition) is 4. The van der Waals surface area contributed by atoms with Crippen molar-refractivity contribution in [3.8, 4) is 0 Å². The van der Waals surface area contributed by atoms with E-state index in [9.17, 15) is 18.8 Å². The van der Waals surface area contributed by atoms with Crippen molar-refractivity contribution in [3.05, 3.63) is 58.3 Å². The van der Waals surface area contributed by atoms with E-state index < -0.39 is 23.4 Å². The number of carbonyl (C=O) groups excluding carboxylic acids is 2. The number of nitrogens with zero attached hydrogens (tertiary/aromatic N) is 1. The highest BCUT2D eigenvalue weighted by Crippen LogP contribution is 2.20. The van der Waals surface area contributed by atoms with Crippen molar-refractivity contribution >= 4 is 34.3 Å². The Bertz CT molecular complexity index is 1050. The van der Waals surface area contributed by atoms with Gasteiger partial charge in [-0.05, 0) is 30.3 Å². The Morgan fingerprint density at radius 3 is 2.60 bits per heavy atom. The number of amides is 2. The fourth-order valence-electron chi connectivity index (χ4n) is 2.37. The standard InChI is InChI=1S/C17H14FN3O4/c1-9(22)19-13-7-10(3-5-12(13)18)16(23)20-11-4-6-14-15(8-11)25-17(24)21(14)2/h3-8H,1-2H3,(H,19,22)(H,20,23). The minimum Gasteiger partial charge on any atom is -0.408 e. The van der Waals surface area contributed by atoms with E-state index >= 15 is 0 Å². The molecule has 3 rings (SSSR count). The van der Waals surface area contributed by atoms with Crippen LogP contribution in [0.5, 0.6) is 0 Å². The maximum absolute atomic E-state index is 13.6. The van der Waals surface area contributed by atoms with Gasteiger partial charge in [-0.2, -0.15) is 0 Å². The number of aromatic nitrogens is 1. The third-order valence-electron chi connectivity index (χ3n) is 3.59. The Balaban J connectivity index is 1.87. The van der Waals surface area contributed by atoms with Gasteiger partial charge in [0.1, 0.15) is 5.82 Å². The maximum atomic E-state index is 13.6. The fourth-order valence-corrected chi connectivity index (χ4v) is 2.37. The monoisotopic (exact) mass is 343 g/mol. The summed E-state index contributed by atoms with van der Waals surface area (Å²) in [5.74, 6) is -2.08. The Morgan fingerprint density at radius 1 is 1.12 bits per heavy atom. The molecule has 0 fully saturated rings. The first-order chi connectivity index (χ1) is 11.8. The van der Waals surface area contributed by atoms with Gasteiger partial charge in [0.05, 0.1) is 11.2 Å². The fraction of sp³-hybridized carbons (Fsp3) is 0.118. The largest absolute Gasteiger partial charge is 0.419 e. The molecule has 2 aromatic carbocycles. The number of halogens is 1. The molecule has 128 valence electrons. The van der Waals surface area contributed by atoms with Gasteiger partial charge in [-0.15, -0.1) is 0 Å². The van der Waals surface area contributed by atoms with Crippen LogP contribution >= 0.6 is 0 Å². The molecule has 25 heavy (non-hydrogen) atoms. The topological polar surface area (TPSA) is 93.3 Å². The highest BCUT2D eigenvalue weighted by atomic mass is 19.1. The summed E-state index contributed by atoms with van der Waals surface area (Å²) in [4.78, 5) is 34.9. The van der Waals surface area contributed by atoms with Crippen molar-refractivity contribution < 1.29 is 18.4 Å². The van der Waals surface area contributed by atoms with Crippen molar-refractivity contribution in [2.45, 2.75) is 6.92 Å². The van der Waals surface area contributed by atoms with Crippen LogP contribution in [-0.2, 0) is 11.8 Å². The van der Waals surface area contributed by atoms with Gasteiger partial charge in [0.25, 0.3) is 5.91 Å². The number of hydrogen-bond donors (Lipinski definition) is 2. The van der Waals surface area contributed by atoms with E-state index in [-0.39, 0.29) is 11.3 Å². The lowest BCUT2D eigenvalue weighted by Gasteiger charge is -2.08. The van der Waals surface area contributed by atoms with Crippen LogP contribution in [-0.4, -0.2) is 16.4 Å². The molecule has 0 atom stereocenters. The summed E-state index contributed by atoms with van der Waals surface area (Å²) in [5, 5.41) is 4.95. The van der Waals surface area contributed by atoms with E-state index in [2.05, 4.69) is 10.6 Å². The molecule has 8 heteroatoms. The number of fused-ring (bicyclic) bond motifs is 1. The lowest BCUT2D eigenvalue weighted by atomic mass is 10.1. The number of rotatable bonds is 3. The Hall–Kier alpha value is -3.42. The molecule has 0 aliphatic carbocycles. The van der Waals surface area contributed by atoms with Crippen molar-refractivity contribution in [2.75, 3.05) is 10.6 Å². The highest BCUT2D eigenvalue weighted by molar-refractivity contribution is 6.05. The van der Waals surface area contributed by atoms with Crippen molar-refractivity contribution in [1.29, 1.82) is 0 Å². The zero-order valence-corrected chi connectivity index (χ0v) is 13.4. The molecule has 7 nitrogen and oxygen atoms in total. The molecule has 0 aliphatic heterocycles. The summed E-state index contributed by atoms with van der Waals surface area (Å²) in [5.41, 5.74) is 1.43. The van der Waals surface area contributed by atoms with Crippen LogP contribution in [0, 0.1) is 5.82 Å². The molecule has 1 heterocycles. The second kappa shape index (κ2) is 6.23. The Labute approximate surface area is 141 Å². The van der Waals surface area contributed by atoms with E-state index in [0.717, 1.165) is 6.07 Å². The molecular weight excluding hydrogens is 329 g/mol. The molecule has 2 N–H and O–H groups in total. The Kier molecular flexibility index (Phi) is 4.10. The first kappa shape index (κ1) is 16.4. The third-order valence-corrected chi connectivity index (χ3v) is 3.59. The number of oxazole rings is 1. The molecule has 0 saturated carbocycles. The molecule has 0 aliphatic rings. The van der Waals surface area contributed by atoms with Crippen LogP contribution in [0.1, 0.15) is 17.3 Å². The zero-order valence-electron chi connectivity index (χ0n) is 13.4. The summed E-state index contributed by atoms with van der Waals surface area (Å²) >= 11 is 0. The average Bonchev–Trinajstić information content (AvgIpc) is 2.83. The van der Waals surface area contributed by atoms with Gasteiger partial charge in [0.15, 0.2) is 5.58 Å². The number of benzene rings is 2. The van der Waals surface area contributed by atoms with Gasteiger partial charge in [0.2, 0.25) is 5.91 Å². The van der Waals surface area contributed by atoms with Crippen molar-refractivity contribution in [2.24, 2.45) is 7.05 Å². The molecule has 3 aromatic rings. The van der Waals surface area contributed by atoms with E-state index in [0.29, 0.717) is 16.8 Å². The quantitative estimate of drug-likeness (QED) is 0.764. The van der Waals surface area contributed by atoms with Crippen LogP contribution < -0.4 is 16.4 Å². The minimum atomic E-state index is -0.640. The molecule has 0 bridgehead atoms. The number of nitrogens with one attached hydrogen (secondary N) is 2. The summed E-state index contributed by atoms with van der Waals surface area (Å²) in [6.45, 7) is 1.25. The third kappa shape index (κ3) is 3.27. The zero-order chi connectivity index (χ0) is 18.1. The van der Waals surface area contributed by atoms with Crippen LogP contribution in [0.4, 0.5) is 15.8 Å². The highest BCUT2D eigenvalue weighted by Gasteiger charge is 2.12. The lowest BCUT2D eigenvalue weighted by Crippen LogP contribution is -2.14. The normalized spacial score (nSPS) is 10.7. The van der Waals surface area contributed by atoms with E-state index in [1.165, 1.54) is 29.7 Å². The SMILES string of the molecule is CC(=O)Nc1cc(C(=O)Nc2ccc3c(c2)oc(=O)n3C)ccc1F. The predicted molar refractivity (Wildman–Crippen MR) is 90.1 cm³/mol. The molecule has 1 aromatic heterocycles. The minimum absolute atomic E-state index is 0.0790. The lowest BCUT2D eigenvalue weighted by molar-refractivity contribution is -0.114. The van der Waals surface area contributed by atoms with Gasteiger partial charge >= 0.3 is 5.76 Å². The van der Waals surface area contributed by atoms with E-state index in [4.69, 9.17) is 4.42 Å². The summed E-state index contributed by atoms with van der Waals surface area (Å²) in [7, 11) is 1.58. The molecule has 0 unspecified atom stereocenters. The number of anilines is 2. The van der Waals surface area contributed by atoms with Gasteiger partial charge in [-0.25, -0.2) is 9.18 Å². The van der Waals surface area contributed by atoms with Gasteiger partial charge < -0.3 is 15.1 Å². The smallest absolute Gasteiger partial charge is 0.408 e. The van der Waals surface area contributed by atoms with Crippen LogP contribution in [0.3, 0.4) is 0 Å². The van der Waals surface area contributed by atoms with Crippen molar-refractivity contribution in [1.82, 2.24) is 4.57 Å². The Morgan fingerprint density at radius 2 is 1.88 bits per heavy atom. The maximum Gasteiger partial charge on any atom is 0.419 e. The summed E-state index contributed by atoms with van der Waals surface area (Å²) in [6.07, 6.45) is 0. The molecule has 2 amide bonds. The summed E-state index contributed by atoms with van der Waals surface area (Å²) < 4.78 is 20.1. The van der Waals surface area contributed by atoms with Crippen molar-refractivity contribution in [3.63, 3.8) is 0 Å².